The van der Waals surface area contributed by atoms with E-state index in [2.05, 4.69) is 56.3 Å². The van der Waals surface area contributed by atoms with Crippen molar-refractivity contribution in [1.82, 2.24) is 0 Å². The van der Waals surface area contributed by atoms with Gasteiger partial charge in [0, 0.05) is 11.1 Å². The molecule has 0 fully saturated rings. The van der Waals surface area contributed by atoms with Crippen molar-refractivity contribution in [2.45, 2.75) is 19.3 Å². The van der Waals surface area contributed by atoms with E-state index in [1.807, 2.05) is 24.3 Å². The predicted octanol–water partition coefficient (Wildman–Crippen LogP) is 4.69. The molecular formula is C23H28N4O2. The number of rotatable bonds is 11. The average Bonchev–Trinajstić information content (AvgIpc) is 2.73. The molecule has 2 rings (SSSR count). The van der Waals surface area contributed by atoms with Gasteiger partial charge >= 0.3 is 0 Å². The molecule has 6 heteroatoms. The van der Waals surface area contributed by atoms with Crippen LogP contribution >= 0.6 is 0 Å². The van der Waals surface area contributed by atoms with Gasteiger partial charge in [0.25, 0.3) is 0 Å². The number of hydrogen-bond acceptors (Lipinski definition) is 4. The number of aliphatic imine (C=N–C) groups is 1. The zero-order valence-electron chi connectivity index (χ0n) is 17.0. The Morgan fingerprint density at radius 2 is 1.59 bits per heavy atom. The Bertz CT molecular complexity index is 855. The van der Waals surface area contributed by atoms with E-state index in [9.17, 15) is 0 Å². The van der Waals surface area contributed by atoms with E-state index in [4.69, 9.17) is 20.6 Å². The Morgan fingerprint density at radius 1 is 1.03 bits per heavy atom. The van der Waals surface area contributed by atoms with Crippen LogP contribution in [0.15, 0.2) is 79.2 Å². The monoisotopic (exact) mass is 392 g/mol. The highest BCUT2D eigenvalue weighted by Gasteiger charge is 2.23. The smallest absolute Gasteiger partial charge is 0.165 e. The Kier molecular flexibility index (Phi) is 7.60. The molecule has 0 aliphatic heterocycles. The summed E-state index contributed by atoms with van der Waals surface area (Å²) < 4.78 is 10.2. The summed E-state index contributed by atoms with van der Waals surface area (Å²) in [5.41, 5.74) is 9.59. The molecule has 0 spiro atoms. The van der Waals surface area contributed by atoms with Crippen LogP contribution in [0.3, 0.4) is 0 Å². The van der Waals surface area contributed by atoms with Crippen molar-refractivity contribution < 1.29 is 9.47 Å². The lowest BCUT2D eigenvalue weighted by Gasteiger charge is -2.27. The van der Waals surface area contributed by atoms with Crippen LogP contribution < -0.4 is 10.6 Å². The van der Waals surface area contributed by atoms with Crippen molar-refractivity contribution in [1.29, 1.82) is 5.41 Å². The third-order valence-corrected chi connectivity index (χ3v) is 4.62. The van der Waals surface area contributed by atoms with E-state index in [1.54, 1.807) is 4.90 Å². The lowest BCUT2D eigenvalue weighted by molar-refractivity contribution is 0.262. The molecule has 0 aliphatic rings. The van der Waals surface area contributed by atoms with Crippen molar-refractivity contribution in [2.24, 2.45) is 10.7 Å². The molecule has 2 aromatic rings. The van der Waals surface area contributed by atoms with Crippen LogP contribution in [0.4, 0.5) is 11.4 Å². The first-order valence-corrected chi connectivity index (χ1v) is 9.18. The molecular weight excluding hydrogens is 364 g/mol. The average molecular weight is 393 g/mol. The summed E-state index contributed by atoms with van der Waals surface area (Å²) in [5, 5.41) is 7.55. The second-order valence-electron chi connectivity index (χ2n) is 6.86. The number of nitrogens with one attached hydrogen (secondary N) is 1. The summed E-state index contributed by atoms with van der Waals surface area (Å²) >= 11 is 0. The van der Waals surface area contributed by atoms with E-state index in [-0.39, 0.29) is 18.8 Å². The molecule has 3 N–H and O–H groups in total. The van der Waals surface area contributed by atoms with E-state index in [0.29, 0.717) is 5.84 Å². The van der Waals surface area contributed by atoms with Gasteiger partial charge in [0.1, 0.15) is 12.4 Å². The van der Waals surface area contributed by atoms with Gasteiger partial charge in [0.15, 0.2) is 6.73 Å². The van der Waals surface area contributed by atoms with E-state index < -0.39 is 0 Å². The molecule has 6 nitrogen and oxygen atoms in total. The molecule has 152 valence electrons. The molecule has 0 aliphatic carbocycles. The first-order valence-electron chi connectivity index (χ1n) is 9.18. The molecule has 0 saturated carbocycles. The first kappa shape index (κ1) is 21.8. The summed E-state index contributed by atoms with van der Waals surface area (Å²) in [7, 11) is 0. The number of anilines is 1. The van der Waals surface area contributed by atoms with Gasteiger partial charge in [-0.2, -0.15) is 0 Å². The van der Waals surface area contributed by atoms with Gasteiger partial charge in [-0.15, -0.1) is 0 Å². The van der Waals surface area contributed by atoms with Crippen molar-refractivity contribution >= 4 is 23.5 Å². The zero-order valence-corrected chi connectivity index (χ0v) is 17.0. The minimum absolute atomic E-state index is 0.203. The molecule has 0 heterocycles. The van der Waals surface area contributed by atoms with Gasteiger partial charge in [0.2, 0.25) is 0 Å². The summed E-state index contributed by atoms with van der Waals surface area (Å²) in [5.74, 6) is 0.392. The van der Waals surface area contributed by atoms with Crippen LogP contribution in [0.25, 0.3) is 0 Å². The van der Waals surface area contributed by atoms with E-state index in [1.165, 1.54) is 18.9 Å². The zero-order chi connectivity index (χ0) is 21.3. The molecule has 2 aromatic carbocycles. The maximum absolute atomic E-state index is 7.55. The van der Waals surface area contributed by atoms with Crippen LogP contribution in [-0.2, 0) is 14.9 Å². The fourth-order valence-electron chi connectivity index (χ4n) is 2.85. The number of hydrogen-bond donors (Lipinski definition) is 2. The Morgan fingerprint density at radius 3 is 2.10 bits per heavy atom. The molecule has 0 radical (unpaired) electrons. The topological polar surface area (TPSA) is 83.9 Å². The summed E-state index contributed by atoms with van der Waals surface area (Å²) in [6, 6.07) is 16.1. The van der Waals surface area contributed by atoms with Crippen molar-refractivity contribution in [3.05, 3.63) is 85.3 Å². The van der Waals surface area contributed by atoms with Crippen LogP contribution in [0.2, 0.25) is 0 Å². The minimum Gasteiger partial charge on any atom is -0.494 e. The Balaban J connectivity index is 2.18. The standard InChI is InChI=1S/C23H28N4O2/c1-5-28-15-22(25)26-20-11-7-18(8-12-20)23(3,4)19-9-13-21(14-10-19)27(16-24)17-29-6-2/h5-14,16,24H,1-2,15,17H2,3-4H3,(H2,25,26). The van der Waals surface area contributed by atoms with Crippen LogP contribution in [0, 0.1) is 5.41 Å². The number of benzene rings is 2. The van der Waals surface area contributed by atoms with Gasteiger partial charge < -0.3 is 15.2 Å². The molecule has 0 saturated heterocycles. The SMILES string of the molecule is C=COCC(N)=Nc1ccc(C(C)(C)c2ccc(N(C=N)COC=C)cc2)cc1. The summed E-state index contributed by atoms with van der Waals surface area (Å²) in [6.45, 7) is 11.8. The fraction of sp³-hybridized carbons (Fsp3) is 0.217. The molecule has 0 unspecified atom stereocenters. The van der Waals surface area contributed by atoms with E-state index in [0.717, 1.165) is 22.5 Å². The van der Waals surface area contributed by atoms with Gasteiger partial charge in [-0.05, 0) is 35.4 Å². The van der Waals surface area contributed by atoms with Gasteiger partial charge in [-0.1, -0.05) is 51.3 Å². The van der Waals surface area contributed by atoms with Gasteiger partial charge in [-0.25, -0.2) is 4.99 Å². The third-order valence-electron chi connectivity index (χ3n) is 4.62. The Labute approximate surface area is 172 Å². The van der Waals surface area contributed by atoms with E-state index >= 15 is 0 Å². The van der Waals surface area contributed by atoms with Crippen LogP contribution in [0.5, 0.6) is 0 Å². The quantitative estimate of drug-likeness (QED) is 0.251. The minimum atomic E-state index is -0.203. The first-order chi connectivity index (χ1) is 13.9. The largest absolute Gasteiger partial charge is 0.494 e. The highest BCUT2D eigenvalue weighted by Crippen LogP contribution is 2.33. The number of nitrogens with two attached hydrogens (primary N) is 1. The molecule has 0 aromatic heterocycles. The summed E-state index contributed by atoms with van der Waals surface area (Å²) in [6.07, 6.45) is 3.93. The number of amidine groups is 1. The van der Waals surface area contributed by atoms with Gasteiger partial charge in [-0.3, -0.25) is 10.3 Å². The van der Waals surface area contributed by atoms with Crippen LogP contribution in [0.1, 0.15) is 25.0 Å². The summed E-state index contributed by atoms with van der Waals surface area (Å²) in [4.78, 5) is 6.02. The highest BCUT2D eigenvalue weighted by molar-refractivity contribution is 5.84. The van der Waals surface area contributed by atoms with Crippen LogP contribution in [-0.4, -0.2) is 25.5 Å². The molecule has 0 amide bonds. The Hall–Kier alpha value is -3.54. The lowest BCUT2D eigenvalue weighted by atomic mass is 9.78. The van der Waals surface area contributed by atoms with Crippen molar-refractivity contribution in [3.63, 3.8) is 0 Å². The molecule has 0 atom stereocenters. The third kappa shape index (κ3) is 5.72. The number of ether oxygens (including phenoxy) is 2. The second kappa shape index (κ2) is 10.1. The molecule has 29 heavy (non-hydrogen) atoms. The normalized spacial score (nSPS) is 11.4. The molecule has 0 bridgehead atoms. The van der Waals surface area contributed by atoms with Crippen molar-refractivity contribution in [3.8, 4) is 0 Å². The van der Waals surface area contributed by atoms with Gasteiger partial charge in [0.05, 0.1) is 24.6 Å². The number of nitrogens with zero attached hydrogens (tertiary/aromatic N) is 2. The van der Waals surface area contributed by atoms with Crippen molar-refractivity contribution in [2.75, 3.05) is 18.2 Å². The predicted molar refractivity (Wildman–Crippen MR) is 120 cm³/mol. The fourth-order valence-corrected chi connectivity index (χ4v) is 2.85. The highest BCUT2D eigenvalue weighted by atomic mass is 16.5. The maximum Gasteiger partial charge on any atom is 0.165 e. The lowest BCUT2D eigenvalue weighted by Crippen LogP contribution is -2.23. The second-order valence-corrected chi connectivity index (χ2v) is 6.86. The maximum atomic E-state index is 7.55.